The topological polar surface area (TPSA) is 72.6 Å². The summed E-state index contributed by atoms with van der Waals surface area (Å²) < 4.78 is 65.8. The van der Waals surface area contributed by atoms with Crippen molar-refractivity contribution in [2.45, 2.75) is 23.9 Å². The van der Waals surface area contributed by atoms with Gasteiger partial charge in [-0.1, -0.05) is 0 Å². The standard InChI is InChI=1S/C12H17F3N2O3S/c1-17(2)21(18,19)9-4-5-11(10(16)8-9)20-7-3-6-12(13,14)15/h4-5,8H,3,6-7,16H2,1-2H3. The van der Waals surface area contributed by atoms with Crippen LogP contribution in [0.3, 0.4) is 0 Å². The average molecular weight is 326 g/mol. The summed E-state index contributed by atoms with van der Waals surface area (Å²) in [5.41, 5.74) is 5.72. The summed E-state index contributed by atoms with van der Waals surface area (Å²) >= 11 is 0. The Morgan fingerprint density at radius 3 is 2.38 bits per heavy atom. The number of anilines is 1. The van der Waals surface area contributed by atoms with Crippen molar-refractivity contribution >= 4 is 15.7 Å². The Bertz CT molecular complexity index is 586. The lowest BCUT2D eigenvalue weighted by Crippen LogP contribution is -2.22. The first-order valence-corrected chi connectivity index (χ1v) is 7.49. The maximum Gasteiger partial charge on any atom is 0.389 e. The molecule has 9 heteroatoms. The largest absolute Gasteiger partial charge is 0.491 e. The van der Waals surface area contributed by atoms with Gasteiger partial charge in [0.25, 0.3) is 0 Å². The van der Waals surface area contributed by atoms with Crippen molar-refractivity contribution in [3.63, 3.8) is 0 Å². The van der Waals surface area contributed by atoms with Crippen LogP contribution in [0.2, 0.25) is 0 Å². The van der Waals surface area contributed by atoms with E-state index < -0.39 is 22.6 Å². The van der Waals surface area contributed by atoms with Crippen LogP contribution in [-0.2, 0) is 10.0 Å². The zero-order chi connectivity index (χ0) is 16.3. The summed E-state index contributed by atoms with van der Waals surface area (Å²) in [6.07, 6.45) is -5.36. The number of sulfonamides is 1. The van der Waals surface area contributed by atoms with Gasteiger partial charge in [0.15, 0.2) is 0 Å². The van der Waals surface area contributed by atoms with Crippen LogP contribution in [0.25, 0.3) is 0 Å². The molecule has 120 valence electrons. The zero-order valence-electron chi connectivity index (χ0n) is 11.6. The fourth-order valence-electron chi connectivity index (χ4n) is 1.48. The summed E-state index contributed by atoms with van der Waals surface area (Å²) in [6, 6.07) is 3.85. The van der Waals surface area contributed by atoms with Gasteiger partial charge in [0.1, 0.15) is 5.75 Å². The van der Waals surface area contributed by atoms with Crippen molar-refractivity contribution in [2.24, 2.45) is 0 Å². The Morgan fingerprint density at radius 2 is 1.90 bits per heavy atom. The molecule has 0 aromatic heterocycles. The third-order valence-electron chi connectivity index (χ3n) is 2.62. The number of nitrogens with zero attached hydrogens (tertiary/aromatic N) is 1. The molecule has 21 heavy (non-hydrogen) atoms. The second-order valence-electron chi connectivity index (χ2n) is 4.55. The number of halogens is 3. The van der Waals surface area contributed by atoms with Crippen LogP contribution in [0, 0.1) is 0 Å². The minimum atomic E-state index is -4.22. The summed E-state index contributed by atoms with van der Waals surface area (Å²) in [7, 11) is -0.848. The first-order valence-electron chi connectivity index (χ1n) is 6.05. The van der Waals surface area contributed by atoms with Gasteiger partial charge in [-0.05, 0) is 24.6 Å². The molecule has 0 saturated carbocycles. The van der Waals surface area contributed by atoms with Crippen molar-refractivity contribution < 1.29 is 26.3 Å². The van der Waals surface area contributed by atoms with Crippen LogP contribution in [0.5, 0.6) is 5.75 Å². The highest BCUT2D eigenvalue weighted by Gasteiger charge is 2.26. The van der Waals surface area contributed by atoms with Crippen molar-refractivity contribution in [1.82, 2.24) is 4.31 Å². The van der Waals surface area contributed by atoms with E-state index in [0.29, 0.717) is 0 Å². The van der Waals surface area contributed by atoms with Crippen LogP contribution in [-0.4, -0.2) is 39.6 Å². The van der Waals surface area contributed by atoms with Crippen LogP contribution >= 0.6 is 0 Å². The molecule has 0 aliphatic carbocycles. The molecule has 0 fully saturated rings. The summed E-state index contributed by atoms with van der Waals surface area (Å²) in [4.78, 5) is -0.00681. The van der Waals surface area contributed by atoms with E-state index in [2.05, 4.69) is 0 Å². The van der Waals surface area contributed by atoms with E-state index in [1.807, 2.05) is 0 Å². The van der Waals surface area contributed by atoms with E-state index in [0.717, 1.165) is 4.31 Å². The fraction of sp³-hybridized carbons (Fsp3) is 0.500. The number of rotatable bonds is 6. The van der Waals surface area contributed by atoms with Crippen molar-refractivity contribution in [2.75, 3.05) is 26.4 Å². The molecule has 0 unspecified atom stereocenters. The van der Waals surface area contributed by atoms with E-state index >= 15 is 0 Å². The monoisotopic (exact) mass is 326 g/mol. The highest BCUT2D eigenvalue weighted by molar-refractivity contribution is 7.89. The van der Waals surface area contributed by atoms with E-state index in [9.17, 15) is 21.6 Å². The van der Waals surface area contributed by atoms with Gasteiger partial charge < -0.3 is 10.5 Å². The average Bonchev–Trinajstić information content (AvgIpc) is 2.34. The summed E-state index contributed by atoms with van der Waals surface area (Å²) in [6.45, 7) is -0.149. The van der Waals surface area contributed by atoms with Crippen molar-refractivity contribution in [3.8, 4) is 5.75 Å². The van der Waals surface area contributed by atoms with Gasteiger partial charge in [-0.3, -0.25) is 0 Å². The van der Waals surface area contributed by atoms with Crippen molar-refractivity contribution in [1.29, 1.82) is 0 Å². The van der Waals surface area contributed by atoms with Gasteiger partial charge in [0, 0.05) is 20.5 Å². The van der Waals surface area contributed by atoms with E-state index in [-0.39, 0.29) is 29.4 Å². The van der Waals surface area contributed by atoms with Gasteiger partial charge >= 0.3 is 6.18 Å². The number of alkyl halides is 3. The Kier molecular flexibility index (Phi) is 5.46. The minimum Gasteiger partial charge on any atom is -0.491 e. The maximum atomic E-state index is 12.0. The number of hydrogen-bond acceptors (Lipinski definition) is 4. The molecule has 1 aromatic carbocycles. The lowest BCUT2D eigenvalue weighted by molar-refractivity contribution is -0.136. The van der Waals surface area contributed by atoms with E-state index in [4.69, 9.17) is 10.5 Å². The molecule has 1 aromatic rings. The molecule has 5 nitrogen and oxygen atoms in total. The zero-order valence-corrected chi connectivity index (χ0v) is 12.5. The molecule has 0 heterocycles. The van der Waals surface area contributed by atoms with E-state index in [1.165, 1.54) is 32.3 Å². The smallest absolute Gasteiger partial charge is 0.389 e. The van der Waals surface area contributed by atoms with Crippen LogP contribution in [0.15, 0.2) is 23.1 Å². The Balaban J connectivity index is 2.72. The van der Waals surface area contributed by atoms with E-state index in [1.54, 1.807) is 0 Å². The molecular formula is C12H17F3N2O3S. The number of ether oxygens (including phenoxy) is 1. The number of benzene rings is 1. The molecule has 0 spiro atoms. The molecule has 0 atom stereocenters. The molecule has 2 N–H and O–H groups in total. The van der Waals surface area contributed by atoms with Crippen LogP contribution < -0.4 is 10.5 Å². The SMILES string of the molecule is CN(C)S(=O)(=O)c1ccc(OCCCC(F)(F)F)c(N)c1. The molecular weight excluding hydrogens is 309 g/mol. The van der Waals surface area contributed by atoms with Crippen LogP contribution in [0.1, 0.15) is 12.8 Å². The molecule has 0 saturated heterocycles. The molecule has 0 bridgehead atoms. The maximum absolute atomic E-state index is 12.0. The highest BCUT2D eigenvalue weighted by atomic mass is 32.2. The molecule has 0 aliphatic heterocycles. The number of hydrogen-bond donors (Lipinski definition) is 1. The Labute approximate surface area is 121 Å². The highest BCUT2D eigenvalue weighted by Crippen LogP contribution is 2.27. The quantitative estimate of drug-likeness (QED) is 0.643. The molecule has 0 radical (unpaired) electrons. The van der Waals surface area contributed by atoms with Gasteiger partial charge in [0.05, 0.1) is 17.2 Å². The second-order valence-corrected chi connectivity index (χ2v) is 6.71. The third kappa shape index (κ3) is 5.09. The predicted molar refractivity (Wildman–Crippen MR) is 72.5 cm³/mol. The Morgan fingerprint density at radius 1 is 1.29 bits per heavy atom. The molecule has 1 rings (SSSR count). The molecule has 0 amide bonds. The Hall–Kier alpha value is -1.48. The summed E-state index contributed by atoms with van der Waals surface area (Å²) in [5, 5.41) is 0. The number of nitrogen functional groups attached to an aromatic ring is 1. The van der Waals surface area contributed by atoms with Gasteiger partial charge in [-0.25, -0.2) is 12.7 Å². The summed E-state index contributed by atoms with van der Waals surface area (Å²) in [5.74, 6) is 0.162. The predicted octanol–water partition coefficient (Wildman–Crippen LogP) is 2.24. The minimum absolute atomic E-state index is 0.00681. The van der Waals surface area contributed by atoms with Crippen LogP contribution in [0.4, 0.5) is 18.9 Å². The molecule has 0 aliphatic rings. The van der Waals surface area contributed by atoms with Crippen molar-refractivity contribution in [3.05, 3.63) is 18.2 Å². The van der Waals surface area contributed by atoms with Gasteiger partial charge in [0.2, 0.25) is 10.0 Å². The van der Waals surface area contributed by atoms with Gasteiger partial charge in [-0.2, -0.15) is 13.2 Å². The lowest BCUT2D eigenvalue weighted by Gasteiger charge is -2.14. The number of nitrogens with two attached hydrogens (primary N) is 1. The first kappa shape index (κ1) is 17.6. The van der Waals surface area contributed by atoms with Gasteiger partial charge in [-0.15, -0.1) is 0 Å². The second kappa shape index (κ2) is 6.52. The lowest BCUT2D eigenvalue weighted by atomic mass is 10.3. The fourth-order valence-corrected chi connectivity index (χ4v) is 2.42. The normalized spacial score (nSPS) is 12.7. The first-order chi connectivity index (χ1) is 9.54. The third-order valence-corrected chi connectivity index (χ3v) is 4.43.